The van der Waals surface area contributed by atoms with E-state index in [9.17, 15) is 0 Å². The maximum absolute atomic E-state index is 8.84. The van der Waals surface area contributed by atoms with Gasteiger partial charge < -0.3 is 10.2 Å². The van der Waals surface area contributed by atoms with Gasteiger partial charge in [0.05, 0.1) is 23.4 Å². The number of nitrogens with zero attached hydrogens (tertiary/aromatic N) is 2. The molecule has 0 radical (unpaired) electrons. The minimum absolute atomic E-state index is 0.243. The SMILES string of the molecule is N#Cc1ccccc1-c1ncc(N)o1. The maximum atomic E-state index is 8.84. The number of oxazole rings is 1. The lowest BCUT2D eigenvalue weighted by molar-refractivity contribution is 0.594. The minimum atomic E-state index is 0.243. The van der Waals surface area contributed by atoms with Gasteiger partial charge in [-0.1, -0.05) is 12.1 Å². The molecule has 14 heavy (non-hydrogen) atoms. The minimum Gasteiger partial charge on any atom is -0.421 e. The molecule has 0 aliphatic rings. The van der Waals surface area contributed by atoms with Crippen molar-refractivity contribution in [1.29, 1.82) is 5.26 Å². The Morgan fingerprint density at radius 2 is 2.14 bits per heavy atom. The molecule has 2 rings (SSSR count). The number of anilines is 1. The van der Waals surface area contributed by atoms with Crippen molar-refractivity contribution < 1.29 is 4.42 Å². The van der Waals surface area contributed by atoms with Gasteiger partial charge in [-0.25, -0.2) is 4.98 Å². The van der Waals surface area contributed by atoms with Crippen LogP contribution in [0.2, 0.25) is 0 Å². The van der Waals surface area contributed by atoms with Gasteiger partial charge in [0.25, 0.3) is 0 Å². The Hall–Kier alpha value is -2.28. The van der Waals surface area contributed by atoms with Crippen LogP contribution < -0.4 is 5.73 Å². The second kappa shape index (κ2) is 3.23. The number of aromatic nitrogens is 1. The average Bonchev–Trinajstić information content (AvgIpc) is 2.65. The van der Waals surface area contributed by atoms with Crippen molar-refractivity contribution >= 4 is 5.88 Å². The van der Waals surface area contributed by atoms with E-state index in [4.69, 9.17) is 15.4 Å². The summed E-state index contributed by atoms with van der Waals surface area (Å²) in [7, 11) is 0. The highest BCUT2D eigenvalue weighted by Crippen LogP contribution is 2.23. The van der Waals surface area contributed by atoms with Crippen LogP contribution in [0.1, 0.15) is 5.56 Å². The van der Waals surface area contributed by atoms with Crippen LogP contribution in [-0.2, 0) is 0 Å². The van der Waals surface area contributed by atoms with Crippen LogP contribution >= 0.6 is 0 Å². The average molecular weight is 185 g/mol. The molecule has 0 aliphatic carbocycles. The van der Waals surface area contributed by atoms with E-state index in [1.54, 1.807) is 18.2 Å². The largest absolute Gasteiger partial charge is 0.421 e. The Morgan fingerprint density at radius 3 is 2.79 bits per heavy atom. The maximum Gasteiger partial charge on any atom is 0.230 e. The summed E-state index contributed by atoms with van der Waals surface area (Å²) in [6.07, 6.45) is 1.42. The third kappa shape index (κ3) is 1.31. The van der Waals surface area contributed by atoms with Gasteiger partial charge >= 0.3 is 0 Å². The molecule has 68 valence electrons. The Kier molecular flexibility index (Phi) is 1.92. The highest BCUT2D eigenvalue weighted by molar-refractivity contribution is 5.63. The van der Waals surface area contributed by atoms with Gasteiger partial charge in [-0.2, -0.15) is 5.26 Å². The quantitative estimate of drug-likeness (QED) is 0.734. The molecule has 0 amide bonds. The van der Waals surface area contributed by atoms with Gasteiger partial charge in [0.15, 0.2) is 0 Å². The molecule has 1 heterocycles. The standard InChI is InChI=1S/C10H7N3O/c11-5-7-3-1-2-4-8(7)10-13-6-9(12)14-10/h1-4,6H,12H2. The lowest BCUT2D eigenvalue weighted by atomic mass is 10.1. The molecule has 0 bridgehead atoms. The van der Waals surface area contributed by atoms with Gasteiger partial charge in [-0.3, -0.25) is 0 Å². The van der Waals surface area contributed by atoms with Crippen LogP contribution in [0.5, 0.6) is 0 Å². The van der Waals surface area contributed by atoms with Crippen molar-refractivity contribution in [3.05, 3.63) is 36.0 Å². The number of nitrogen functional groups attached to an aromatic ring is 1. The van der Waals surface area contributed by atoms with Crippen LogP contribution in [0.4, 0.5) is 5.88 Å². The Labute approximate surface area is 80.6 Å². The van der Waals surface area contributed by atoms with E-state index in [2.05, 4.69) is 11.1 Å². The molecular weight excluding hydrogens is 178 g/mol. The molecule has 0 fully saturated rings. The topological polar surface area (TPSA) is 75.8 Å². The van der Waals surface area contributed by atoms with Crippen molar-refractivity contribution in [3.8, 4) is 17.5 Å². The van der Waals surface area contributed by atoms with Gasteiger partial charge in [0.1, 0.15) is 0 Å². The van der Waals surface area contributed by atoms with E-state index >= 15 is 0 Å². The molecular formula is C10H7N3O. The van der Waals surface area contributed by atoms with E-state index in [0.717, 1.165) is 0 Å². The second-order valence-corrected chi connectivity index (χ2v) is 2.73. The Morgan fingerprint density at radius 1 is 1.36 bits per heavy atom. The van der Waals surface area contributed by atoms with E-state index in [0.29, 0.717) is 17.0 Å². The number of hydrogen-bond donors (Lipinski definition) is 1. The predicted molar refractivity (Wildman–Crippen MR) is 51.1 cm³/mol. The van der Waals surface area contributed by atoms with Crippen LogP contribution in [0.25, 0.3) is 11.5 Å². The summed E-state index contributed by atoms with van der Waals surface area (Å²) in [5, 5.41) is 8.84. The normalized spacial score (nSPS) is 9.64. The third-order valence-corrected chi connectivity index (χ3v) is 1.80. The fourth-order valence-electron chi connectivity index (χ4n) is 1.18. The summed E-state index contributed by atoms with van der Waals surface area (Å²) in [6, 6.07) is 9.14. The number of hydrogen-bond acceptors (Lipinski definition) is 4. The van der Waals surface area contributed by atoms with E-state index < -0.39 is 0 Å². The molecule has 0 aliphatic heterocycles. The molecule has 1 aromatic carbocycles. The molecule has 4 heteroatoms. The molecule has 0 unspecified atom stereocenters. The summed E-state index contributed by atoms with van der Waals surface area (Å²) in [6.45, 7) is 0. The molecule has 0 spiro atoms. The lowest BCUT2D eigenvalue weighted by Crippen LogP contribution is -1.82. The smallest absolute Gasteiger partial charge is 0.230 e. The monoisotopic (exact) mass is 185 g/mol. The van der Waals surface area contributed by atoms with Crippen LogP contribution in [0.15, 0.2) is 34.9 Å². The molecule has 1 aromatic heterocycles. The summed E-state index contributed by atoms with van der Waals surface area (Å²) in [4.78, 5) is 3.95. The first-order valence-electron chi connectivity index (χ1n) is 4.02. The van der Waals surface area contributed by atoms with Crippen molar-refractivity contribution in [1.82, 2.24) is 4.98 Å². The third-order valence-electron chi connectivity index (χ3n) is 1.80. The van der Waals surface area contributed by atoms with Crippen molar-refractivity contribution in [3.63, 3.8) is 0 Å². The van der Waals surface area contributed by atoms with Crippen molar-refractivity contribution in [2.45, 2.75) is 0 Å². The Balaban J connectivity index is 2.57. The molecule has 0 saturated carbocycles. The van der Waals surface area contributed by atoms with Crippen LogP contribution in [0, 0.1) is 11.3 Å². The Bertz CT molecular complexity index is 496. The first-order chi connectivity index (χ1) is 6.81. The molecule has 0 saturated heterocycles. The van der Waals surface area contributed by atoms with Crippen molar-refractivity contribution in [2.24, 2.45) is 0 Å². The highest BCUT2D eigenvalue weighted by Gasteiger charge is 2.08. The predicted octanol–water partition coefficient (Wildman–Crippen LogP) is 1.80. The van der Waals surface area contributed by atoms with Crippen molar-refractivity contribution in [2.75, 3.05) is 5.73 Å². The van der Waals surface area contributed by atoms with E-state index in [1.165, 1.54) is 6.20 Å². The van der Waals surface area contributed by atoms with Gasteiger partial charge in [-0.05, 0) is 12.1 Å². The first kappa shape index (κ1) is 8.32. The lowest BCUT2D eigenvalue weighted by Gasteiger charge is -1.96. The van der Waals surface area contributed by atoms with Crippen LogP contribution in [0.3, 0.4) is 0 Å². The molecule has 2 aromatic rings. The number of rotatable bonds is 1. The summed E-state index contributed by atoms with van der Waals surface area (Å²) < 4.78 is 5.13. The second-order valence-electron chi connectivity index (χ2n) is 2.73. The number of nitrogens with two attached hydrogens (primary N) is 1. The molecule has 4 nitrogen and oxygen atoms in total. The molecule has 2 N–H and O–H groups in total. The zero-order valence-corrected chi connectivity index (χ0v) is 7.27. The van der Waals surface area contributed by atoms with E-state index in [1.807, 2.05) is 6.07 Å². The number of nitriles is 1. The first-order valence-corrected chi connectivity index (χ1v) is 4.02. The summed E-state index contributed by atoms with van der Waals surface area (Å²) in [5.41, 5.74) is 6.58. The summed E-state index contributed by atoms with van der Waals surface area (Å²) in [5.74, 6) is 0.618. The zero-order chi connectivity index (χ0) is 9.97. The summed E-state index contributed by atoms with van der Waals surface area (Å²) >= 11 is 0. The molecule has 0 atom stereocenters. The zero-order valence-electron chi connectivity index (χ0n) is 7.27. The fraction of sp³-hybridized carbons (Fsp3) is 0. The number of benzene rings is 1. The fourth-order valence-corrected chi connectivity index (χ4v) is 1.18. The van der Waals surface area contributed by atoms with Crippen LogP contribution in [-0.4, -0.2) is 4.98 Å². The van der Waals surface area contributed by atoms with Gasteiger partial charge in [0.2, 0.25) is 11.8 Å². The van der Waals surface area contributed by atoms with Gasteiger partial charge in [-0.15, -0.1) is 0 Å². The highest BCUT2D eigenvalue weighted by atomic mass is 16.4. The van der Waals surface area contributed by atoms with E-state index in [-0.39, 0.29) is 5.88 Å². The van der Waals surface area contributed by atoms with Gasteiger partial charge in [0, 0.05) is 0 Å².